The van der Waals surface area contributed by atoms with Gasteiger partial charge in [-0.05, 0) is 76.7 Å². The highest BCUT2D eigenvalue weighted by molar-refractivity contribution is 9.10. The number of amides is 1. The molecule has 0 unspecified atom stereocenters. The molecule has 3 nitrogen and oxygen atoms in total. The summed E-state index contributed by atoms with van der Waals surface area (Å²) in [6.07, 6.45) is 5.92. The molecule has 0 spiro atoms. The van der Waals surface area contributed by atoms with Gasteiger partial charge in [0.1, 0.15) is 5.75 Å². The number of nitrogens with zero attached hydrogens (tertiary/aromatic N) is 1. The third-order valence-corrected chi connectivity index (χ3v) is 6.36. The molecule has 0 fully saturated rings. The minimum absolute atomic E-state index is 0.0367. The maximum absolute atomic E-state index is 13.6. The third kappa shape index (κ3) is 4.48. The van der Waals surface area contributed by atoms with Crippen molar-refractivity contribution in [2.75, 3.05) is 17.8 Å². The van der Waals surface area contributed by atoms with Gasteiger partial charge in [0, 0.05) is 10.5 Å². The molecule has 0 atom stereocenters. The largest absolute Gasteiger partial charge is 0.493 e. The molecule has 0 saturated heterocycles. The SMILES string of the molecule is CCOc1ccc(/C=C2\C=C(c3ccccc3)N(c3ccccc3SC)C2=O)cc1Br. The van der Waals surface area contributed by atoms with Gasteiger partial charge in [-0.25, -0.2) is 0 Å². The average molecular weight is 492 g/mol. The molecule has 4 rings (SSSR count). The first-order valence-electron chi connectivity index (χ1n) is 10.0. The van der Waals surface area contributed by atoms with E-state index in [9.17, 15) is 4.79 Å². The molecule has 0 saturated carbocycles. The molecule has 1 aliphatic heterocycles. The smallest absolute Gasteiger partial charge is 0.262 e. The monoisotopic (exact) mass is 491 g/mol. The number of anilines is 1. The predicted molar refractivity (Wildman–Crippen MR) is 133 cm³/mol. The van der Waals surface area contributed by atoms with Crippen molar-refractivity contribution in [1.82, 2.24) is 0 Å². The van der Waals surface area contributed by atoms with E-state index in [1.54, 1.807) is 11.8 Å². The summed E-state index contributed by atoms with van der Waals surface area (Å²) in [5.74, 6) is 0.754. The van der Waals surface area contributed by atoms with Gasteiger partial charge in [-0.3, -0.25) is 9.69 Å². The van der Waals surface area contributed by atoms with Crippen LogP contribution in [0, 0.1) is 0 Å². The van der Waals surface area contributed by atoms with Gasteiger partial charge >= 0.3 is 0 Å². The molecule has 1 amide bonds. The van der Waals surface area contributed by atoms with Crippen LogP contribution in [0.15, 0.2) is 93.8 Å². The molecular weight excluding hydrogens is 470 g/mol. The van der Waals surface area contributed by atoms with Crippen LogP contribution in [0.5, 0.6) is 5.75 Å². The van der Waals surface area contributed by atoms with Crippen molar-refractivity contribution < 1.29 is 9.53 Å². The Bertz CT molecular complexity index is 1170. The number of carbonyl (C=O) groups is 1. The Hall–Kier alpha value is -2.76. The number of para-hydroxylation sites is 1. The molecule has 1 heterocycles. The first-order valence-corrected chi connectivity index (χ1v) is 12.0. The maximum atomic E-state index is 13.6. The van der Waals surface area contributed by atoms with Crippen molar-refractivity contribution >= 4 is 51.1 Å². The number of benzene rings is 3. The summed E-state index contributed by atoms with van der Waals surface area (Å²) in [4.78, 5) is 16.5. The highest BCUT2D eigenvalue weighted by atomic mass is 79.9. The molecular formula is C26H22BrNO2S. The van der Waals surface area contributed by atoms with Crippen LogP contribution in [-0.2, 0) is 4.79 Å². The molecule has 31 heavy (non-hydrogen) atoms. The van der Waals surface area contributed by atoms with Crippen molar-refractivity contribution in [3.05, 3.63) is 100 Å². The van der Waals surface area contributed by atoms with Gasteiger partial charge in [-0.15, -0.1) is 11.8 Å². The summed E-state index contributed by atoms with van der Waals surface area (Å²) in [7, 11) is 0. The number of halogens is 1. The molecule has 3 aromatic rings. The maximum Gasteiger partial charge on any atom is 0.262 e. The van der Waals surface area contributed by atoms with Crippen LogP contribution in [0.4, 0.5) is 5.69 Å². The predicted octanol–water partition coefficient (Wildman–Crippen LogP) is 7.04. The Morgan fingerprint density at radius 3 is 2.48 bits per heavy atom. The molecule has 3 aromatic carbocycles. The van der Waals surface area contributed by atoms with E-state index in [1.807, 2.05) is 103 Å². The summed E-state index contributed by atoms with van der Waals surface area (Å²) >= 11 is 5.20. The van der Waals surface area contributed by atoms with E-state index in [-0.39, 0.29) is 5.91 Å². The molecule has 5 heteroatoms. The highest BCUT2D eigenvalue weighted by Gasteiger charge is 2.31. The lowest BCUT2D eigenvalue weighted by molar-refractivity contribution is -0.113. The quantitative estimate of drug-likeness (QED) is 0.273. The van der Waals surface area contributed by atoms with E-state index in [1.165, 1.54) is 0 Å². The Morgan fingerprint density at radius 2 is 1.77 bits per heavy atom. The van der Waals surface area contributed by atoms with Crippen LogP contribution in [0.25, 0.3) is 11.8 Å². The number of thioether (sulfide) groups is 1. The fourth-order valence-corrected chi connectivity index (χ4v) is 4.64. The van der Waals surface area contributed by atoms with Gasteiger partial charge in [-0.1, -0.05) is 48.5 Å². The third-order valence-electron chi connectivity index (χ3n) is 4.96. The summed E-state index contributed by atoms with van der Waals surface area (Å²) in [6.45, 7) is 2.56. The zero-order chi connectivity index (χ0) is 21.8. The Labute approximate surface area is 195 Å². The minimum Gasteiger partial charge on any atom is -0.493 e. The summed E-state index contributed by atoms with van der Waals surface area (Å²) in [5, 5.41) is 0. The van der Waals surface area contributed by atoms with Crippen molar-refractivity contribution in [1.29, 1.82) is 0 Å². The molecule has 0 bridgehead atoms. The van der Waals surface area contributed by atoms with Crippen LogP contribution in [0.2, 0.25) is 0 Å². The summed E-state index contributed by atoms with van der Waals surface area (Å²) in [6, 6.07) is 23.9. The molecule has 0 aliphatic carbocycles. The average Bonchev–Trinajstić information content (AvgIpc) is 3.12. The highest BCUT2D eigenvalue weighted by Crippen LogP contribution is 2.39. The minimum atomic E-state index is -0.0367. The van der Waals surface area contributed by atoms with Crippen LogP contribution in [0.1, 0.15) is 18.1 Å². The Kier molecular flexibility index (Phi) is 6.64. The molecule has 1 aliphatic rings. The Morgan fingerprint density at radius 1 is 1.03 bits per heavy atom. The van der Waals surface area contributed by atoms with Crippen molar-refractivity contribution in [3.63, 3.8) is 0 Å². The fraction of sp³-hybridized carbons (Fsp3) is 0.115. The van der Waals surface area contributed by atoms with E-state index < -0.39 is 0 Å². The first kappa shape index (κ1) is 21.5. The second-order valence-electron chi connectivity index (χ2n) is 6.93. The number of carbonyl (C=O) groups excluding carboxylic acids is 1. The van der Waals surface area contributed by atoms with E-state index in [0.717, 1.165) is 37.6 Å². The zero-order valence-corrected chi connectivity index (χ0v) is 19.7. The van der Waals surface area contributed by atoms with E-state index in [4.69, 9.17) is 4.74 Å². The van der Waals surface area contributed by atoms with Gasteiger partial charge in [0.2, 0.25) is 0 Å². The second-order valence-corrected chi connectivity index (χ2v) is 8.63. The van der Waals surface area contributed by atoms with E-state index in [2.05, 4.69) is 15.9 Å². The number of ether oxygens (including phenoxy) is 1. The fourth-order valence-electron chi connectivity index (χ4n) is 3.55. The van der Waals surface area contributed by atoms with Gasteiger partial charge in [0.25, 0.3) is 5.91 Å². The molecule has 156 valence electrons. The van der Waals surface area contributed by atoms with E-state index >= 15 is 0 Å². The number of hydrogen-bond acceptors (Lipinski definition) is 3. The van der Waals surface area contributed by atoms with Crippen LogP contribution in [-0.4, -0.2) is 18.8 Å². The number of rotatable bonds is 6. The lowest BCUT2D eigenvalue weighted by atomic mass is 10.1. The van der Waals surface area contributed by atoms with Crippen molar-refractivity contribution in [3.8, 4) is 5.75 Å². The summed E-state index contributed by atoms with van der Waals surface area (Å²) < 4.78 is 6.47. The van der Waals surface area contributed by atoms with Crippen molar-refractivity contribution in [2.45, 2.75) is 11.8 Å². The summed E-state index contributed by atoms with van der Waals surface area (Å²) in [5.41, 5.74) is 4.35. The lowest BCUT2D eigenvalue weighted by Gasteiger charge is -2.23. The van der Waals surface area contributed by atoms with E-state index in [0.29, 0.717) is 12.2 Å². The van der Waals surface area contributed by atoms with Gasteiger partial charge < -0.3 is 4.74 Å². The topological polar surface area (TPSA) is 29.5 Å². The van der Waals surface area contributed by atoms with Crippen LogP contribution < -0.4 is 9.64 Å². The molecule has 0 aromatic heterocycles. The van der Waals surface area contributed by atoms with Crippen LogP contribution in [0.3, 0.4) is 0 Å². The normalized spacial score (nSPS) is 14.8. The lowest BCUT2D eigenvalue weighted by Crippen LogP contribution is -2.25. The van der Waals surface area contributed by atoms with Gasteiger partial charge in [0.05, 0.1) is 22.5 Å². The van der Waals surface area contributed by atoms with Gasteiger partial charge in [-0.2, -0.15) is 0 Å². The van der Waals surface area contributed by atoms with Crippen LogP contribution >= 0.6 is 27.7 Å². The van der Waals surface area contributed by atoms with Crippen molar-refractivity contribution in [2.24, 2.45) is 0 Å². The molecule has 0 N–H and O–H groups in total. The number of hydrogen-bond donors (Lipinski definition) is 0. The van der Waals surface area contributed by atoms with Gasteiger partial charge in [0.15, 0.2) is 0 Å². The standard InChI is InChI=1S/C26H22BrNO2S/c1-3-30-24-14-13-18(16-21(24)27)15-20-17-23(19-9-5-4-6-10-19)28(26(20)29)22-11-7-8-12-25(22)31-2/h4-17H,3H2,1-2H3/b20-15+. The first-order chi connectivity index (χ1) is 15.1. The molecule has 0 radical (unpaired) electrons. The Balaban J connectivity index is 1.80. The second kappa shape index (κ2) is 9.58. The zero-order valence-electron chi connectivity index (χ0n) is 17.3.